The molecular weight excluding hydrogens is 271 g/mol. The molecule has 0 fully saturated rings. The van der Waals surface area contributed by atoms with Crippen molar-refractivity contribution in [3.05, 3.63) is 23.0 Å². The Morgan fingerprint density at radius 3 is 2.39 bits per heavy atom. The first-order valence-corrected chi connectivity index (χ1v) is 5.76. The van der Waals surface area contributed by atoms with Gasteiger partial charge in [-0.2, -0.15) is 0 Å². The first-order chi connectivity index (χ1) is 7.56. The third-order valence-electron chi connectivity index (χ3n) is 2.59. The number of nitrogens with zero attached hydrogens (tertiary/aromatic N) is 1. The van der Waals surface area contributed by atoms with Gasteiger partial charge in [0.25, 0.3) is 0 Å². The Hall–Kier alpha value is -0.510. The zero-order valence-corrected chi connectivity index (χ0v) is 13.4. The van der Waals surface area contributed by atoms with Crippen LogP contribution in [-0.4, -0.2) is 18.6 Å². The summed E-state index contributed by atoms with van der Waals surface area (Å²) in [7, 11) is 1.71. The quantitative estimate of drug-likeness (QED) is 0.905. The molecule has 0 aliphatic carbocycles. The SMILES string of the molecule is COc1c(C)cnc(CNCC(C)C)c1C.Cl.Cl. The van der Waals surface area contributed by atoms with E-state index < -0.39 is 0 Å². The smallest absolute Gasteiger partial charge is 0.128 e. The van der Waals surface area contributed by atoms with E-state index in [1.807, 2.05) is 13.1 Å². The minimum atomic E-state index is 0. The number of aromatic nitrogens is 1. The van der Waals surface area contributed by atoms with Gasteiger partial charge in [-0.3, -0.25) is 4.98 Å². The number of pyridine rings is 1. The van der Waals surface area contributed by atoms with Crippen molar-refractivity contribution < 1.29 is 4.74 Å². The molecule has 0 spiro atoms. The Bertz CT molecular complexity index is 357. The summed E-state index contributed by atoms with van der Waals surface area (Å²) in [6.07, 6.45) is 1.87. The van der Waals surface area contributed by atoms with E-state index in [9.17, 15) is 0 Å². The van der Waals surface area contributed by atoms with Gasteiger partial charge in [0.05, 0.1) is 12.8 Å². The molecule has 3 nitrogen and oxygen atoms in total. The maximum atomic E-state index is 5.38. The Kier molecular flexibility index (Phi) is 10.4. The second-order valence-corrected chi connectivity index (χ2v) is 4.57. The van der Waals surface area contributed by atoms with E-state index in [2.05, 4.69) is 31.1 Å². The number of ether oxygens (including phenoxy) is 1. The Morgan fingerprint density at radius 2 is 1.89 bits per heavy atom. The number of rotatable bonds is 5. The van der Waals surface area contributed by atoms with E-state index in [-0.39, 0.29) is 24.8 Å². The maximum Gasteiger partial charge on any atom is 0.128 e. The Balaban J connectivity index is 0. The summed E-state index contributed by atoms with van der Waals surface area (Å²) >= 11 is 0. The number of halogens is 2. The fourth-order valence-corrected chi connectivity index (χ4v) is 1.73. The lowest BCUT2D eigenvalue weighted by atomic mass is 10.1. The van der Waals surface area contributed by atoms with Crippen LogP contribution in [0.25, 0.3) is 0 Å². The third kappa shape index (κ3) is 5.42. The zero-order valence-electron chi connectivity index (χ0n) is 11.7. The van der Waals surface area contributed by atoms with Crippen LogP contribution >= 0.6 is 24.8 Å². The monoisotopic (exact) mass is 294 g/mol. The van der Waals surface area contributed by atoms with Crippen molar-refractivity contribution in [2.75, 3.05) is 13.7 Å². The van der Waals surface area contributed by atoms with Crippen LogP contribution in [0.1, 0.15) is 30.7 Å². The van der Waals surface area contributed by atoms with Crippen LogP contribution in [0.3, 0.4) is 0 Å². The standard InChI is InChI=1S/C13H22N2O.2ClH/c1-9(2)6-14-8-12-11(4)13(16-5)10(3)7-15-12;;/h7,9,14H,6,8H2,1-5H3;2*1H. The van der Waals surface area contributed by atoms with Crippen molar-refractivity contribution >= 4 is 24.8 Å². The van der Waals surface area contributed by atoms with Crippen molar-refractivity contribution in [2.24, 2.45) is 5.92 Å². The molecule has 1 N–H and O–H groups in total. The van der Waals surface area contributed by atoms with Crippen molar-refractivity contribution in [1.29, 1.82) is 0 Å². The minimum absolute atomic E-state index is 0. The lowest BCUT2D eigenvalue weighted by Gasteiger charge is -2.13. The van der Waals surface area contributed by atoms with E-state index in [1.54, 1.807) is 7.11 Å². The van der Waals surface area contributed by atoms with Gasteiger partial charge in [-0.15, -0.1) is 24.8 Å². The summed E-state index contributed by atoms with van der Waals surface area (Å²) in [6, 6.07) is 0. The lowest BCUT2D eigenvalue weighted by molar-refractivity contribution is 0.406. The van der Waals surface area contributed by atoms with E-state index in [0.29, 0.717) is 5.92 Å². The molecule has 0 unspecified atom stereocenters. The van der Waals surface area contributed by atoms with Gasteiger partial charge in [-0.05, 0) is 26.3 Å². The fourth-order valence-electron chi connectivity index (χ4n) is 1.73. The van der Waals surface area contributed by atoms with Gasteiger partial charge < -0.3 is 10.1 Å². The predicted molar refractivity (Wildman–Crippen MR) is 81.3 cm³/mol. The molecule has 0 saturated heterocycles. The van der Waals surface area contributed by atoms with Crippen LogP contribution in [0.5, 0.6) is 5.75 Å². The molecule has 0 bridgehead atoms. The second kappa shape index (κ2) is 9.42. The van der Waals surface area contributed by atoms with Crippen molar-refractivity contribution in [1.82, 2.24) is 10.3 Å². The minimum Gasteiger partial charge on any atom is -0.496 e. The van der Waals surface area contributed by atoms with Gasteiger partial charge in [-0.1, -0.05) is 13.8 Å². The number of methoxy groups -OCH3 is 1. The molecule has 0 saturated carbocycles. The van der Waals surface area contributed by atoms with Gasteiger partial charge in [0.15, 0.2) is 0 Å². The summed E-state index contributed by atoms with van der Waals surface area (Å²) in [5.41, 5.74) is 3.30. The highest BCUT2D eigenvalue weighted by atomic mass is 35.5. The van der Waals surface area contributed by atoms with E-state index >= 15 is 0 Å². The molecule has 1 heterocycles. The fraction of sp³-hybridized carbons (Fsp3) is 0.615. The average molecular weight is 295 g/mol. The summed E-state index contributed by atoms with van der Waals surface area (Å²) in [5.74, 6) is 1.61. The largest absolute Gasteiger partial charge is 0.496 e. The Morgan fingerprint density at radius 1 is 1.28 bits per heavy atom. The molecule has 0 radical (unpaired) electrons. The predicted octanol–water partition coefficient (Wildman–Crippen LogP) is 3.30. The molecule has 106 valence electrons. The van der Waals surface area contributed by atoms with Crippen LogP contribution in [-0.2, 0) is 6.54 Å². The van der Waals surface area contributed by atoms with Crippen LogP contribution < -0.4 is 10.1 Å². The molecule has 5 heteroatoms. The number of hydrogen-bond donors (Lipinski definition) is 1. The van der Waals surface area contributed by atoms with Crippen LogP contribution in [0.4, 0.5) is 0 Å². The molecule has 0 atom stereocenters. The van der Waals surface area contributed by atoms with Gasteiger partial charge in [-0.25, -0.2) is 0 Å². The summed E-state index contributed by atoms with van der Waals surface area (Å²) in [5, 5.41) is 3.39. The molecule has 1 aromatic heterocycles. The molecule has 1 rings (SSSR count). The molecule has 0 aliphatic rings. The van der Waals surface area contributed by atoms with E-state index in [4.69, 9.17) is 4.74 Å². The van der Waals surface area contributed by atoms with Gasteiger partial charge in [0.1, 0.15) is 5.75 Å². The van der Waals surface area contributed by atoms with Crippen molar-refractivity contribution in [2.45, 2.75) is 34.2 Å². The van der Waals surface area contributed by atoms with Crippen molar-refractivity contribution in [3.8, 4) is 5.75 Å². The molecule has 0 aromatic carbocycles. The van der Waals surface area contributed by atoms with E-state index in [0.717, 1.165) is 35.7 Å². The zero-order chi connectivity index (χ0) is 12.1. The normalized spacial score (nSPS) is 9.67. The van der Waals surface area contributed by atoms with Crippen LogP contribution in [0.15, 0.2) is 6.20 Å². The highest BCUT2D eigenvalue weighted by Crippen LogP contribution is 2.23. The lowest BCUT2D eigenvalue weighted by Crippen LogP contribution is -2.20. The highest BCUT2D eigenvalue weighted by molar-refractivity contribution is 5.85. The number of aryl methyl sites for hydroxylation is 1. The highest BCUT2D eigenvalue weighted by Gasteiger charge is 2.08. The topological polar surface area (TPSA) is 34.1 Å². The van der Waals surface area contributed by atoms with Gasteiger partial charge in [0.2, 0.25) is 0 Å². The first-order valence-electron chi connectivity index (χ1n) is 5.76. The maximum absolute atomic E-state index is 5.38. The van der Waals surface area contributed by atoms with Crippen LogP contribution in [0, 0.1) is 19.8 Å². The molecule has 0 amide bonds. The van der Waals surface area contributed by atoms with Crippen molar-refractivity contribution in [3.63, 3.8) is 0 Å². The average Bonchev–Trinajstić information content (AvgIpc) is 2.22. The summed E-state index contributed by atoms with van der Waals surface area (Å²) in [6.45, 7) is 10.3. The molecule has 18 heavy (non-hydrogen) atoms. The van der Waals surface area contributed by atoms with E-state index in [1.165, 1.54) is 0 Å². The number of hydrogen-bond acceptors (Lipinski definition) is 3. The Labute approximate surface area is 123 Å². The molecule has 1 aromatic rings. The van der Waals surface area contributed by atoms with Gasteiger partial charge >= 0.3 is 0 Å². The number of nitrogens with one attached hydrogen (secondary N) is 1. The first kappa shape index (κ1) is 19.8. The van der Waals surface area contributed by atoms with Gasteiger partial charge in [0, 0.05) is 23.9 Å². The van der Waals surface area contributed by atoms with Crippen LogP contribution in [0.2, 0.25) is 0 Å². The molecule has 0 aliphatic heterocycles. The summed E-state index contributed by atoms with van der Waals surface area (Å²) in [4.78, 5) is 4.44. The second-order valence-electron chi connectivity index (χ2n) is 4.57. The molecular formula is C13H24Cl2N2O. The third-order valence-corrected chi connectivity index (χ3v) is 2.59. The summed E-state index contributed by atoms with van der Waals surface area (Å²) < 4.78 is 5.38.